The van der Waals surface area contributed by atoms with Gasteiger partial charge in [0.05, 0.1) is 33.3 Å². The Morgan fingerprint density at radius 2 is 1.81 bits per heavy atom. The van der Waals surface area contributed by atoms with E-state index in [-0.39, 0.29) is 56.3 Å². The molecule has 0 aliphatic carbocycles. The van der Waals surface area contributed by atoms with E-state index >= 15 is 0 Å². The number of nitrogens with one attached hydrogen (secondary N) is 2. The molecule has 2 aromatic carbocycles. The summed E-state index contributed by atoms with van der Waals surface area (Å²) in [6, 6.07) is 10.9. The Morgan fingerprint density at radius 3 is 2.45 bits per heavy atom. The van der Waals surface area contributed by atoms with Crippen molar-refractivity contribution in [2.45, 2.75) is 110 Å². The lowest BCUT2D eigenvalue weighted by molar-refractivity contribution is -0.144. The largest absolute Gasteiger partial charge is 0.490 e. The van der Waals surface area contributed by atoms with Crippen LogP contribution in [-0.4, -0.2) is 76.0 Å². The molecule has 12 nitrogen and oxygen atoms in total. The number of hydrogen-bond donors (Lipinski definition) is 5. The van der Waals surface area contributed by atoms with Gasteiger partial charge < -0.3 is 36.8 Å². The van der Waals surface area contributed by atoms with Gasteiger partial charge in [0.2, 0.25) is 23.6 Å². The van der Waals surface area contributed by atoms with Crippen LogP contribution in [0.5, 0.6) is 5.75 Å². The Hall–Kier alpha value is -4.04. The van der Waals surface area contributed by atoms with Crippen molar-refractivity contribution in [1.29, 1.82) is 0 Å². The molecule has 1 aliphatic heterocycles. The van der Waals surface area contributed by atoms with Crippen molar-refractivity contribution < 1.29 is 29.0 Å². The zero-order chi connectivity index (χ0) is 38.9. The van der Waals surface area contributed by atoms with Gasteiger partial charge in [0, 0.05) is 31.8 Å². The number of hydrogen-bond acceptors (Lipinski definition) is 9. The Bertz CT molecular complexity index is 1730. The summed E-state index contributed by atoms with van der Waals surface area (Å²) < 4.78 is 5.79. The molecule has 0 unspecified atom stereocenters. The van der Waals surface area contributed by atoms with E-state index in [0.717, 1.165) is 27.3 Å². The van der Waals surface area contributed by atoms with Crippen LogP contribution in [0.15, 0.2) is 48.0 Å². The average Bonchev–Trinajstić information content (AvgIpc) is 3.72. The van der Waals surface area contributed by atoms with E-state index in [1.54, 1.807) is 17.4 Å². The normalized spacial score (nSPS) is 17.5. The number of rotatable bonds is 17. The number of carbonyl (C=O) groups excluding carboxylic acids is 4. The number of halogens is 1. The molecule has 0 radical (unpaired) electrons. The maximum atomic E-state index is 14.0. The van der Waals surface area contributed by atoms with Gasteiger partial charge in [-0.3, -0.25) is 19.2 Å². The highest BCUT2D eigenvalue weighted by Gasteiger charge is 2.44. The number of β-amino-alcohol motifs (C(OH)–C–C–N with tert-alkyl or cyclic N) is 1. The predicted octanol–water partition coefficient (Wildman–Crippen LogP) is 4.83. The van der Waals surface area contributed by atoms with Crippen LogP contribution in [0.2, 0.25) is 5.02 Å². The number of aliphatic hydroxyl groups excluding tert-OH is 1. The fourth-order valence-corrected chi connectivity index (χ4v) is 7.40. The second kappa shape index (κ2) is 18.8. The summed E-state index contributed by atoms with van der Waals surface area (Å²) in [5.41, 5.74) is 16.1. The van der Waals surface area contributed by atoms with Crippen LogP contribution < -0.4 is 26.8 Å². The highest BCUT2D eigenvalue weighted by Crippen LogP contribution is 2.31. The first-order valence-corrected chi connectivity index (χ1v) is 19.3. The quantitative estimate of drug-likeness (QED) is 0.121. The monoisotopic (exact) mass is 768 g/mol. The molecule has 4 rings (SSSR count). The summed E-state index contributed by atoms with van der Waals surface area (Å²) in [4.78, 5) is 58.6. The van der Waals surface area contributed by atoms with Gasteiger partial charge in [-0.05, 0) is 67.7 Å². The number of unbranched alkanes of at least 4 members (excludes halogenated alkanes) is 1. The SMILES string of the molecule is Cc1ncsc1-c1ccc([C@H](C)NC(=O)[C@@H]2C[C@H](O)CN2C(=O)[C@@H](NC(=O)CCCCc2cccc(OC[C@@H](N)CCC(N)=O)c2Cl)C(C)(C)C)cc1. The van der Waals surface area contributed by atoms with Gasteiger partial charge in [0.25, 0.3) is 0 Å². The van der Waals surface area contributed by atoms with Crippen molar-refractivity contribution >= 4 is 46.6 Å². The van der Waals surface area contributed by atoms with E-state index in [0.29, 0.717) is 36.5 Å². The van der Waals surface area contributed by atoms with E-state index in [1.165, 1.54) is 4.90 Å². The van der Waals surface area contributed by atoms with Gasteiger partial charge in [-0.15, -0.1) is 11.3 Å². The molecule has 53 heavy (non-hydrogen) atoms. The van der Waals surface area contributed by atoms with Crippen LogP contribution in [0.3, 0.4) is 0 Å². The fourth-order valence-electron chi connectivity index (χ4n) is 6.32. The van der Waals surface area contributed by atoms with Gasteiger partial charge in [-0.1, -0.05) is 68.8 Å². The Balaban J connectivity index is 1.30. The number of aliphatic hydroxyl groups is 1. The molecule has 0 bridgehead atoms. The number of thiazole rings is 1. The zero-order valence-electron chi connectivity index (χ0n) is 31.2. The van der Waals surface area contributed by atoms with Crippen molar-refractivity contribution in [2.75, 3.05) is 13.2 Å². The molecule has 5 atom stereocenters. The first-order chi connectivity index (χ1) is 25.0. The average molecular weight is 769 g/mol. The molecule has 1 aromatic heterocycles. The lowest BCUT2D eigenvalue weighted by atomic mass is 9.85. The van der Waals surface area contributed by atoms with Crippen molar-refractivity contribution in [1.82, 2.24) is 20.5 Å². The summed E-state index contributed by atoms with van der Waals surface area (Å²) in [6.45, 7) is 9.62. The zero-order valence-corrected chi connectivity index (χ0v) is 32.8. The van der Waals surface area contributed by atoms with E-state index in [1.807, 2.05) is 76.5 Å². The number of nitrogens with two attached hydrogens (primary N) is 2. The van der Waals surface area contributed by atoms with Crippen LogP contribution in [0.25, 0.3) is 10.4 Å². The lowest BCUT2D eigenvalue weighted by Crippen LogP contribution is -2.57. The third-order valence-electron chi connectivity index (χ3n) is 9.42. The maximum absolute atomic E-state index is 14.0. The summed E-state index contributed by atoms with van der Waals surface area (Å²) in [5.74, 6) is -0.965. The molecule has 1 aliphatic rings. The minimum atomic E-state index is -0.909. The van der Waals surface area contributed by atoms with E-state index in [9.17, 15) is 24.3 Å². The minimum absolute atomic E-state index is 0.000499. The first-order valence-electron chi connectivity index (χ1n) is 18.1. The summed E-state index contributed by atoms with van der Waals surface area (Å²) in [7, 11) is 0. The third-order valence-corrected chi connectivity index (χ3v) is 10.8. The number of amides is 4. The third kappa shape index (κ3) is 11.7. The summed E-state index contributed by atoms with van der Waals surface area (Å²) in [5, 5.41) is 17.0. The molecule has 3 aromatic rings. The second-order valence-electron chi connectivity index (χ2n) is 14.9. The number of carbonyl (C=O) groups is 4. The van der Waals surface area contributed by atoms with Gasteiger partial charge >= 0.3 is 0 Å². The predicted molar refractivity (Wildman–Crippen MR) is 207 cm³/mol. The Kier molecular flexibility index (Phi) is 14.8. The van der Waals surface area contributed by atoms with Crippen LogP contribution in [0, 0.1) is 12.3 Å². The Morgan fingerprint density at radius 1 is 1.09 bits per heavy atom. The van der Waals surface area contributed by atoms with Crippen molar-refractivity contribution in [3.63, 3.8) is 0 Å². The number of ether oxygens (including phenoxy) is 1. The molecule has 288 valence electrons. The van der Waals surface area contributed by atoms with Crippen molar-refractivity contribution in [2.24, 2.45) is 16.9 Å². The van der Waals surface area contributed by atoms with Gasteiger partial charge in [0.1, 0.15) is 24.4 Å². The van der Waals surface area contributed by atoms with Crippen LogP contribution in [0.4, 0.5) is 0 Å². The van der Waals surface area contributed by atoms with Crippen molar-refractivity contribution in [3.8, 4) is 16.2 Å². The van der Waals surface area contributed by atoms with Crippen LogP contribution in [0.1, 0.15) is 89.1 Å². The van der Waals surface area contributed by atoms with Gasteiger partial charge in [-0.25, -0.2) is 4.98 Å². The van der Waals surface area contributed by atoms with Gasteiger partial charge in [-0.2, -0.15) is 0 Å². The topological polar surface area (TPSA) is 190 Å². The highest BCUT2D eigenvalue weighted by atomic mass is 35.5. The molecule has 1 saturated heterocycles. The molecule has 0 spiro atoms. The number of benzene rings is 2. The van der Waals surface area contributed by atoms with Crippen LogP contribution in [-0.2, 0) is 25.6 Å². The molecule has 0 saturated carbocycles. The number of aryl methyl sites for hydroxylation is 2. The van der Waals surface area contributed by atoms with Gasteiger partial charge in [0.15, 0.2) is 0 Å². The molecule has 7 N–H and O–H groups in total. The second-order valence-corrected chi connectivity index (χ2v) is 16.1. The lowest BCUT2D eigenvalue weighted by Gasteiger charge is -2.35. The van der Waals surface area contributed by atoms with E-state index in [2.05, 4.69) is 15.6 Å². The number of aromatic nitrogens is 1. The number of likely N-dealkylation sites (tertiary alicyclic amines) is 1. The number of primary amides is 1. The summed E-state index contributed by atoms with van der Waals surface area (Å²) >= 11 is 8.17. The van der Waals surface area contributed by atoms with E-state index < -0.39 is 35.4 Å². The maximum Gasteiger partial charge on any atom is 0.246 e. The van der Waals surface area contributed by atoms with Crippen molar-refractivity contribution in [3.05, 3.63) is 69.8 Å². The first kappa shape index (κ1) is 41.7. The number of nitrogens with zero attached hydrogens (tertiary/aromatic N) is 2. The van der Waals surface area contributed by atoms with Crippen LogP contribution >= 0.6 is 22.9 Å². The smallest absolute Gasteiger partial charge is 0.246 e. The molecular formula is C39H53ClN6O6S. The molecule has 4 amide bonds. The molecular weight excluding hydrogens is 716 g/mol. The molecule has 14 heteroatoms. The van der Waals surface area contributed by atoms with E-state index in [4.69, 9.17) is 27.8 Å². The standard InChI is InChI=1S/C39H53ClN6O6S/c1-23(25-13-15-27(16-14-25)35-24(2)43-22-53-35)44-37(50)30-19-29(47)20-46(30)38(51)36(39(3,4)5)45-33(49)12-7-6-9-26-10-8-11-31(34(26)40)52-21-28(41)17-18-32(42)48/h8,10-11,13-16,22-23,28-30,36,47H,6-7,9,12,17-21,41H2,1-5H3,(H2,42,48)(H,44,50)(H,45,49)/t23-,28-,29-,30-,36+/m0/s1. The highest BCUT2D eigenvalue weighted by molar-refractivity contribution is 7.13. The summed E-state index contributed by atoms with van der Waals surface area (Å²) in [6.07, 6.45) is 1.84. The minimum Gasteiger partial charge on any atom is -0.490 e. The fraction of sp³-hybridized carbons (Fsp3) is 0.513. The molecule has 2 heterocycles. The molecule has 1 fully saturated rings. The Labute approximate surface area is 321 Å².